The second-order valence-corrected chi connectivity index (χ2v) is 3.88. The fraction of sp³-hybridized carbons (Fsp3) is 0.250. The number of benzene rings is 1. The molecule has 2 radical (unpaired) electrons. The highest BCUT2D eigenvalue weighted by Crippen LogP contribution is 2.17. The normalized spacial score (nSPS) is 11.1. The zero-order valence-electron chi connectivity index (χ0n) is 8.49. The topological polar surface area (TPSA) is 12.9 Å². The molecule has 0 aliphatic heterocycles. The monoisotopic (exact) mass is 181 g/mol. The lowest BCUT2D eigenvalue weighted by atomic mass is 9.94. The van der Waals surface area contributed by atoms with Gasteiger partial charge in [0.2, 0.25) is 0 Å². The van der Waals surface area contributed by atoms with Crippen LogP contribution in [0.1, 0.15) is 25.3 Å². The van der Waals surface area contributed by atoms with Crippen LogP contribution >= 0.6 is 0 Å². The van der Waals surface area contributed by atoms with E-state index in [4.69, 9.17) is 7.85 Å². The van der Waals surface area contributed by atoms with E-state index in [2.05, 4.69) is 24.9 Å². The van der Waals surface area contributed by atoms with E-state index in [9.17, 15) is 0 Å². The number of hydrogen-bond acceptors (Lipinski definition) is 1. The molecule has 0 unspecified atom stereocenters. The Morgan fingerprint density at radius 2 is 2.00 bits per heavy atom. The molecule has 0 saturated heterocycles. The maximum Gasteiger partial charge on any atom is 0.113 e. The molecule has 2 aromatic rings. The number of nitrogens with zero attached hydrogens (tertiary/aromatic N) is 1. The van der Waals surface area contributed by atoms with Crippen molar-refractivity contribution in [3.63, 3.8) is 0 Å². The van der Waals surface area contributed by atoms with E-state index in [1.807, 2.05) is 24.4 Å². The fourth-order valence-electron chi connectivity index (χ4n) is 1.48. The lowest BCUT2D eigenvalue weighted by Gasteiger charge is -2.06. The summed E-state index contributed by atoms with van der Waals surface area (Å²) in [6.07, 6.45) is 1.93. The Bertz CT molecular complexity index is 463. The van der Waals surface area contributed by atoms with Crippen molar-refractivity contribution in [2.24, 2.45) is 0 Å². The van der Waals surface area contributed by atoms with Crippen molar-refractivity contribution in [2.75, 3.05) is 0 Å². The van der Waals surface area contributed by atoms with E-state index >= 15 is 0 Å². The predicted octanol–water partition coefficient (Wildman–Crippen LogP) is 2.15. The summed E-state index contributed by atoms with van der Waals surface area (Å²) in [5.41, 5.74) is 3.05. The third kappa shape index (κ3) is 1.65. The SMILES string of the molecule is [B]c1ccc2ncc(C(C)C)cc2c1. The molecule has 0 fully saturated rings. The van der Waals surface area contributed by atoms with Gasteiger partial charge in [0.15, 0.2) is 0 Å². The molecule has 2 heteroatoms. The van der Waals surface area contributed by atoms with E-state index in [0.29, 0.717) is 5.92 Å². The van der Waals surface area contributed by atoms with E-state index in [1.54, 1.807) is 0 Å². The summed E-state index contributed by atoms with van der Waals surface area (Å²) in [5, 5.41) is 1.12. The second-order valence-electron chi connectivity index (χ2n) is 3.88. The van der Waals surface area contributed by atoms with E-state index < -0.39 is 0 Å². The van der Waals surface area contributed by atoms with Gasteiger partial charge in [-0.25, -0.2) is 0 Å². The summed E-state index contributed by atoms with van der Waals surface area (Å²) in [4.78, 5) is 4.39. The Hall–Kier alpha value is -1.31. The third-order valence-electron chi connectivity index (χ3n) is 2.39. The zero-order chi connectivity index (χ0) is 10.1. The van der Waals surface area contributed by atoms with Crippen LogP contribution in [0.4, 0.5) is 0 Å². The summed E-state index contributed by atoms with van der Waals surface area (Å²) >= 11 is 0. The van der Waals surface area contributed by atoms with Crippen LogP contribution < -0.4 is 5.46 Å². The Labute approximate surface area is 85.6 Å². The van der Waals surface area contributed by atoms with Gasteiger partial charge in [0.1, 0.15) is 7.85 Å². The molecule has 0 saturated carbocycles. The van der Waals surface area contributed by atoms with Crippen molar-refractivity contribution in [2.45, 2.75) is 19.8 Å². The van der Waals surface area contributed by atoms with Crippen molar-refractivity contribution in [1.82, 2.24) is 4.98 Å². The summed E-state index contributed by atoms with van der Waals surface area (Å²) in [5.74, 6) is 0.508. The minimum absolute atomic E-state index is 0.508. The minimum atomic E-state index is 0.508. The lowest BCUT2D eigenvalue weighted by Crippen LogP contribution is -2.00. The van der Waals surface area contributed by atoms with Gasteiger partial charge in [-0.3, -0.25) is 4.98 Å². The summed E-state index contributed by atoms with van der Waals surface area (Å²) in [6.45, 7) is 4.32. The van der Waals surface area contributed by atoms with Gasteiger partial charge < -0.3 is 0 Å². The first-order valence-electron chi connectivity index (χ1n) is 4.82. The van der Waals surface area contributed by atoms with Crippen LogP contribution in [0.5, 0.6) is 0 Å². The maximum atomic E-state index is 5.72. The van der Waals surface area contributed by atoms with Gasteiger partial charge in [-0.05, 0) is 29.0 Å². The van der Waals surface area contributed by atoms with Crippen molar-refractivity contribution < 1.29 is 0 Å². The molecule has 0 bridgehead atoms. The molecule has 0 N–H and O–H groups in total. The van der Waals surface area contributed by atoms with Crippen LogP contribution in [0.15, 0.2) is 30.5 Å². The van der Waals surface area contributed by atoms with Crippen LogP contribution in [-0.2, 0) is 0 Å². The van der Waals surface area contributed by atoms with Crippen LogP contribution in [0.2, 0.25) is 0 Å². The largest absolute Gasteiger partial charge is 0.256 e. The molecule has 0 aliphatic rings. The molecule has 1 aromatic heterocycles. The Balaban J connectivity index is 2.63. The van der Waals surface area contributed by atoms with Crippen molar-refractivity contribution >= 4 is 24.2 Å². The molecule has 0 atom stereocenters. The van der Waals surface area contributed by atoms with Gasteiger partial charge >= 0.3 is 0 Å². The van der Waals surface area contributed by atoms with Gasteiger partial charge in [-0.15, -0.1) is 0 Å². The molecular formula is C12H12BN. The Morgan fingerprint density at radius 3 is 2.71 bits per heavy atom. The summed E-state index contributed by atoms with van der Waals surface area (Å²) < 4.78 is 0. The van der Waals surface area contributed by atoms with Crippen LogP contribution in [0.25, 0.3) is 10.9 Å². The fourth-order valence-corrected chi connectivity index (χ4v) is 1.48. The molecule has 68 valence electrons. The van der Waals surface area contributed by atoms with Gasteiger partial charge in [-0.2, -0.15) is 0 Å². The highest BCUT2D eigenvalue weighted by Gasteiger charge is 2.01. The quantitative estimate of drug-likeness (QED) is 0.614. The van der Waals surface area contributed by atoms with Gasteiger partial charge in [0.05, 0.1) is 5.52 Å². The molecule has 1 nitrogen and oxygen atoms in total. The van der Waals surface area contributed by atoms with Gasteiger partial charge in [0.25, 0.3) is 0 Å². The predicted molar refractivity (Wildman–Crippen MR) is 61.2 cm³/mol. The minimum Gasteiger partial charge on any atom is -0.256 e. The highest BCUT2D eigenvalue weighted by atomic mass is 14.6. The van der Waals surface area contributed by atoms with Crippen molar-refractivity contribution in [3.8, 4) is 0 Å². The number of fused-ring (bicyclic) bond motifs is 1. The molecule has 0 aliphatic carbocycles. The van der Waals surface area contributed by atoms with E-state index in [1.165, 1.54) is 5.56 Å². The first-order valence-corrected chi connectivity index (χ1v) is 4.82. The number of aromatic nitrogens is 1. The summed E-state index contributed by atoms with van der Waals surface area (Å²) in [7, 11) is 5.72. The third-order valence-corrected chi connectivity index (χ3v) is 2.39. The average molecular weight is 181 g/mol. The lowest BCUT2D eigenvalue weighted by molar-refractivity contribution is 0.862. The number of pyridine rings is 1. The summed E-state index contributed by atoms with van der Waals surface area (Å²) in [6, 6.07) is 7.96. The van der Waals surface area contributed by atoms with E-state index in [0.717, 1.165) is 16.4 Å². The second kappa shape index (κ2) is 3.45. The first kappa shape index (κ1) is 9.26. The molecule has 14 heavy (non-hydrogen) atoms. The maximum absolute atomic E-state index is 5.72. The van der Waals surface area contributed by atoms with Gasteiger partial charge in [0, 0.05) is 6.20 Å². The molecule has 1 heterocycles. The Morgan fingerprint density at radius 1 is 1.21 bits per heavy atom. The van der Waals surface area contributed by atoms with Gasteiger partial charge in [-0.1, -0.05) is 31.4 Å². The number of hydrogen-bond donors (Lipinski definition) is 0. The molecule has 0 amide bonds. The van der Waals surface area contributed by atoms with Crippen molar-refractivity contribution in [1.29, 1.82) is 0 Å². The molecule has 1 aromatic carbocycles. The Kier molecular flexibility index (Phi) is 2.28. The standard InChI is InChI=1S/C12H12BN/c1-8(2)10-5-9-6-11(13)3-4-12(9)14-7-10/h3-8H,1-2H3. The molecular weight excluding hydrogens is 169 g/mol. The molecule has 0 spiro atoms. The zero-order valence-corrected chi connectivity index (χ0v) is 8.49. The smallest absolute Gasteiger partial charge is 0.113 e. The first-order chi connectivity index (χ1) is 6.66. The van der Waals surface area contributed by atoms with Crippen LogP contribution in [-0.4, -0.2) is 12.8 Å². The highest BCUT2D eigenvalue weighted by molar-refractivity contribution is 6.33. The van der Waals surface area contributed by atoms with E-state index in [-0.39, 0.29) is 0 Å². The van der Waals surface area contributed by atoms with Crippen molar-refractivity contribution in [3.05, 3.63) is 36.0 Å². The van der Waals surface area contributed by atoms with Crippen LogP contribution in [0.3, 0.4) is 0 Å². The molecule has 2 rings (SSSR count). The van der Waals surface area contributed by atoms with Crippen LogP contribution in [0, 0.1) is 0 Å². The average Bonchev–Trinajstić information content (AvgIpc) is 2.16. The number of rotatable bonds is 1.